The molecule has 0 saturated carbocycles. The zero-order valence-corrected chi connectivity index (χ0v) is 13.1. The normalized spacial score (nSPS) is 18.1. The van der Waals surface area contributed by atoms with Gasteiger partial charge in [-0.05, 0) is 35.3 Å². The fraction of sp³-hybridized carbons (Fsp3) is 0.545. The van der Waals surface area contributed by atoms with Crippen LogP contribution in [0.1, 0.15) is 12.8 Å². The number of aromatic nitrogens is 2. The Morgan fingerprint density at radius 3 is 2.90 bits per heavy atom. The van der Waals surface area contributed by atoms with Crippen molar-refractivity contribution in [3.8, 4) is 0 Å². The molecule has 1 aliphatic rings. The van der Waals surface area contributed by atoms with Gasteiger partial charge in [0.25, 0.3) is 5.56 Å². The average Bonchev–Trinajstić information content (AvgIpc) is 2.37. The minimum absolute atomic E-state index is 0. The monoisotopic (exact) mass is 366 g/mol. The minimum Gasteiger partial charge on any atom is -0.351 e. The lowest BCUT2D eigenvalue weighted by molar-refractivity contribution is -0.122. The molecule has 0 aromatic carbocycles. The summed E-state index contributed by atoms with van der Waals surface area (Å²) in [7, 11) is 0. The average molecular weight is 368 g/mol. The van der Waals surface area contributed by atoms with Gasteiger partial charge in [-0.2, -0.15) is 0 Å². The van der Waals surface area contributed by atoms with Crippen LogP contribution in [0.2, 0.25) is 0 Å². The van der Waals surface area contributed by atoms with Crippen LogP contribution in [-0.2, 0) is 11.3 Å². The Kier molecular flexibility index (Phi) is 6.44. The van der Waals surface area contributed by atoms with Crippen molar-refractivity contribution in [3.63, 3.8) is 0 Å². The van der Waals surface area contributed by atoms with Crippen LogP contribution in [0.15, 0.2) is 20.3 Å². The molecule has 1 aromatic rings. The molecule has 9 heteroatoms. The van der Waals surface area contributed by atoms with Gasteiger partial charge in [0.1, 0.15) is 6.54 Å². The van der Waals surface area contributed by atoms with Crippen molar-refractivity contribution >= 4 is 34.2 Å². The summed E-state index contributed by atoms with van der Waals surface area (Å²) >= 11 is 3.02. The molecular weight excluding hydrogens is 352 g/mol. The second kappa shape index (κ2) is 7.61. The fourth-order valence-corrected chi connectivity index (χ4v) is 2.35. The van der Waals surface area contributed by atoms with Gasteiger partial charge < -0.3 is 10.6 Å². The van der Waals surface area contributed by atoms with Crippen molar-refractivity contribution < 1.29 is 4.79 Å². The lowest BCUT2D eigenvalue weighted by Crippen LogP contribution is -2.47. The summed E-state index contributed by atoms with van der Waals surface area (Å²) in [6.07, 6.45) is 3.28. The Morgan fingerprint density at radius 1 is 1.50 bits per heavy atom. The summed E-state index contributed by atoms with van der Waals surface area (Å²) < 4.78 is 1.39. The van der Waals surface area contributed by atoms with E-state index in [1.807, 2.05) is 0 Å². The smallest absolute Gasteiger partial charge is 0.328 e. The number of piperidine rings is 1. The minimum atomic E-state index is -0.592. The van der Waals surface area contributed by atoms with Gasteiger partial charge in [-0.1, -0.05) is 0 Å². The number of amides is 1. The van der Waals surface area contributed by atoms with Crippen LogP contribution in [0.25, 0.3) is 0 Å². The first-order chi connectivity index (χ1) is 9.06. The molecule has 1 aliphatic heterocycles. The highest BCUT2D eigenvalue weighted by Crippen LogP contribution is 2.01. The molecule has 3 N–H and O–H groups in total. The number of hydrogen-bond donors (Lipinski definition) is 3. The Labute approximate surface area is 129 Å². The maximum Gasteiger partial charge on any atom is 0.328 e. The molecule has 0 spiro atoms. The third kappa shape index (κ3) is 4.46. The summed E-state index contributed by atoms with van der Waals surface area (Å²) in [6, 6.07) is 0.100. The SMILES string of the molecule is Cl.O=C(Cn1cc(Br)c(=O)[nH]c1=O)N[C@H]1CCCNC1. The number of carbonyl (C=O) groups is 1. The number of nitrogens with one attached hydrogen (secondary N) is 3. The predicted octanol–water partition coefficient (Wildman–Crippen LogP) is -0.411. The molecule has 0 aliphatic carbocycles. The van der Waals surface area contributed by atoms with Crippen molar-refractivity contribution in [2.75, 3.05) is 13.1 Å². The van der Waals surface area contributed by atoms with Gasteiger partial charge in [0, 0.05) is 18.8 Å². The van der Waals surface area contributed by atoms with Crippen molar-refractivity contribution in [1.29, 1.82) is 0 Å². The Balaban J connectivity index is 0.00000200. The molecule has 0 bridgehead atoms. The summed E-state index contributed by atoms with van der Waals surface area (Å²) in [6.45, 7) is 1.61. The van der Waals surface area contributed by atoms with Crippen LogP contribution in [-0.4, -0.2) is 34.6 Å². The van der Waals surface area contributed by atoms with Crippen molar-refractivity contribution in [1.82, 2.24) is 20.2 Å². The number of nitrogens with zero attached hydrogens (tertiary/aromatic N) is 1. The molecule has 1 amide bonds. The second-order valence-corrected chi connectivity index (χ2v) is 5.33. The molecule has 1 aromatic heterocycles. The molecule has 0 radical (unpaired) electrons. The first kappa shape index (κ1) is 16.9. The van der Waals surface area contributed by atoms with Gasteiger partial charge >= 0.3 is 5.69 Å². The summed E-state index contributed by atoms with van der Waals surface area (Å²) in [5.41, 5.74) is -1.09. The van der Waals surface area contributed by atoms with Gasteiger partial charge in [-0.25, -0.2) is 4.79 Å². The van der Waals surface area contributed by atoms with Crippen LogP contribution in [0, 0.1) is 0 Å². The molecule has 2 heterocycles. The largest absolute Gasteiger partial charge is 0.351 e. The maximum atomic E-state index is 11.8. The van der Waals surface area contributed by atoms with Gasteiger partial charge in [-0.3, -0.25) is 19.1 Å². The first-order valence-electron chi connectivity index (χ1n) is 6.05. The topological polar surface area (TPSA) is 96.0 Å². The number of halogens is 2. The lowest BCUT2D eigenvalue weighted by atomic mass is 10.1. The van der Waals surface area contributed by atoms with Crippen LogP contribution in [0.5, 0.6) is 0 Å². The molecule has 1 saturated heterocycles. The third-order valence-corrected chi connectivity index (χ3v) is 3.51. The van der Waals surface area contributed by atoms with Crippen LogP contribution in [0.4, 0.5) is 0 Å². The zero-order chi connectivity index (χ0) is 13.8. The van der Waals surface area contributed by atoms with E-state index in [0.29, 0.717) is 0 Å². The number of carbonyl (C=O) groups excluding carboxylic acids is 1. The van der Waals surface area contributed by atoms with Gasteiger partial charge in [0.15, 0.2) is 0 Å². The number of H-pyrrole nitrogens is 1. The van der Waals surface area contributed by atoms with E-state index in [1.165, 1.54) is 6.20 Å². The van der Waals surface area contributed by atoms with Gasteiger partial charge in [0.05, 0.1) is 4.47 Å². The van der Waals surface area contributed by atoms with Gasteiger partial charge in [-0.15, -0.1) is 12.4 Å². The van der Waals surface area contributed by atoms with Crippen LogP contribution >= 0.6 is 28.3 Å². The van der Waals surface area contributed by atoms with E-state index >= 15 is 0 Å². The van der Waals surface area contributed by atoms with Crippen LogP contribution in [0.3, 0.4) is 0 Å². The highest BCUT2D eigenvalue weighted by Gasteiger charge is 2.15. The third-order valence-electron chi connectivity index (χ3n) is 2.94. The number of aromatic amines is 1. The maximum absolute atomic E-state index is 11.8. The van der Waals surface area contributed by atoms with Crippen molar-refractivity contribution in [2.45, 2.75) is 25.4 Å². The summed E-state index contributed by atoms with van der Waals surface area (Å²) in [4.78, 5) is 36.6. The van der Waals surface area contributed by atoms with E-state index in [1.54, 1.807) is 0 Å². The van der Waals surface area contributed by atoms with Crippen molar-refractivity contribution in [2.24, 2.45) is 0 Å². The molecular formula is C11H16BrClN4O3. The predicted molar refractivity (Wildman–Crippen MR) is 80.3 cm³/mol. The Morgan fingerprint density at radius 2 is 2.25 bits per heavy atom. The van der Waals surface area contributed by atoms with E-state index in [4.69, 9.17) is 0 Å². The zero-order valence-electron chi connectivity index (χ0n) is 10.6. The fourth-order valence-electron chi connectivity index (χ4n) is 2.00. The van der Waals surface area contributed by atoms with E-state index < -0.39 is 11.2 Å². The molecule has 1 fully saturated rings. The van der Waals surface area contributed by atoms with Crippen molar-refractivity contribution in [3.05, 3.63) is 31.5 Å². The molecule has 2 rings (SSSR count). The molecule has 1 atom stereocenters. The van der Waals surface area contributed by atoms with E-state index in [0.717, 1.165) is 30.5 Å². The molecule has 0 unspecified atom stereocenters. The second-order valence-electron chi connectivity index (χ2n) is 4.48. The first-order valence-corrected chi connectivity index (χ1v) is 6.85. The van der Waals surface area contributed by atoms with E-state index in [9.17, 15) is 14.4 Å². The molecule has 112 valence electrons. The molecule has 20 heavy (non-hydrogen) atoms. The number of hydrogen-bond acceptors (Lipinski definition) is 4. The Hall–Kier alpha value is -1.12. The Bertz CT molecular complexity index is 580. The summed E-state index contributed by atoms with van der Waals surface area (Å²) in [5, 5.41) is 6.05. The van der Waals surface area contributed by atoms with E-state index in [-0.39, 0.29) is 35.4 Å². The standard InChI is InChI=1S/C11H15BrN4O3.ClH/c12-8-5-16(11(19)15-10(8)18)6-9(17)14-7-2-1-3-13-4-7;/h5,7,13H,1-4,6H2,(H,14,17)(H,15,18,19);1H/t7-;/m0./s1. The van der Waals surface area contributed by atoms with Crippen LogP contribution < -0.4 is 21.9 Å². The highest BCUT2D eigenvalue weighted by molar-refractivity contribution is 9.10. The quantitative estimate of drug-likeness (QED) is 0.677. The lowest BCUT2D eigenvalue weighted by Gasteiger charge is -2.23. The number of rotatable bonds is 3. The summed E-state index contributed by atoms with van der Waals surface area (Å²) in [5.74, 6) is -0.241. The molecule has 7 nitrogen and oxygen atoms in total. The van der Waals surface area contributed by atoms with Gasteiger partial charge in [0.2, 0.25) is 5.91 Å². The van der Waals surface area contributed by atoms with E-state index in [2.05, 4.69) is 31.5 Å². The highest BCUT2D eigenvalue weighted by atomic mass is 79.9.